The lowest BCUT2D eigenvalue weighted by Gasteiger charge is -2.27. The molecule has 7 heteroatoms. The zero-order chi connectivity index (χ0) is 30.4. The monoisotopic (exact) mass is 565 g/mol. The number of nitrogens with one attached hydrogen (secondary N) is 1. The van der Waals surface area contributed by atoms with E-state index in [1.807, 2.05) is 43.9 Å². The highest BCUT2D eigenvalue weighted by Gasteiger charge is 2.21. The minimum atomic E-state index is -0.402. The predicted octanol–water partition coefficient (Wildman–Crippen LogP) is 8.41. The Labute approximate surface area is 247 Å². The van der Waals surface area contributed by atoms with Crippen molar-refractivity contribution < 1.29 is 19.1 Å². The van der Waals surface area contributed by atoms with Crippen LogP contribution in [0, 0.1) is 5.92 Å². The molecule has 0 saturated heterocycles. The van der Waals surface area contributed by atoms with Crippen molar-refractivity contribution in [2.75, 3.05) is 19.7 Å². The topological polar surface area (TPSA) is 84.5 Å². The molecule has 2 aromatic carbocycles. The molecule has 0 unspecified atom stereocenters. The predicted molar refractivity (Wildman–Crippen MR) is 168 cm³/mol. The van der Waals surface area contributed by atoms with Gasteiger partial charge in [0.15, 0.2) is 11.6 Å². The molecule has 3 rings (SSSR count). The van der Waals surface area contributed by atoms with Gasteiger partial charge in [-0.25, -0.2) is 9.78 Å². The number of H-pyrrole nitrogens is 1. The van der Waals surface area contributed by atoms with Gasteiger partial charge in [-0.15, -0.1) is 0 Å². The number of aromatic nitrogens is 2. The fourth-order valence-electron chi connectivity index (χ4n) is 4.23. The van der Waals surface area contributed by atoms with E-state index in [-0.39, 0.29) is 11.9 Å². The number of ketones is 1. The van der Waals surface area contributed by atoms with Gasteiger partial charge >= 0.3 is 6.09 Å². The van der Waals surface area contributed by atoms with Crippen molar-refractivity contribution in [2.24, 2.45) is 5.92 Å². The van der Waals surface area contributed by atoms with E-state index < -0.39 is 5.60 Å². The maximum absolute atomic E-state index is 11.9. The zero-order valence-electron chi connectivity index (χ0n) is 26.5. The Kier molecular flexibility index (Phi) is 13.9. The normalized spacial score (nSPS) is 11.2. The lowest BCUT2D eigenvalue weighted by Crippen LogP contribution is -2.38. The molecule has 1 aromatic heterocycles. The van der Waals surface area contributed by atoms with Gasteiger partial charge in [0.05, 0.1) is 17.6 Å². The van der Waals surface area contributed by atoms with Crippen LogP contribution in [0.5, 0.6) is 5.75 Å². The summed E-state index contributed by atoms with van der Waals surface area (Å²) in [5, 5.41) is 0. The minimum Gasteiger partial charge on any atom is -0.493 e. The van der Waals surface area contributed by atoms with Crippen LogP contribution in [0.1, 0.15) is 103 Å². The highest BCUT2D eigenvalue weighted by Crippen LogP contribution is 2.19. The number of para-hydroxylation sites is 1. The van der Waals surface area contributed by atoms with Gasteiger partial charge in [0, 0.05) is 20.0 Å². The van der Waals surface area contributed by atoms with Crippen LogP contribution >= 0.6 is 0 Å². The van der Waals surface area contributed by atoms with Crippen LogP contribution in [0.3, 0.4) is 0 Å². The summed E-state index contributed by atoms with van der Waals surface area (Å²) in [6, 6.07) is 14.4. The number of nitrogens with zero attached hydrogens (tertiary/aromatic N) is 2. The van der Waals surface area contributed by atoms with E-state index in [2.05, 4.69) is 61.9 Å². The van der Waals surface area contributed by atoms with Crippen LogP contribution in [0.15, 0.2) is 42.5 Å². The number of rotatable bonds is 13. The van der Waals surface area contributed by atoms with Crippen molar-refractivity contribution >= 4 is 22.9 Å². The fraction of sp³-hybridized carbons (Fsp3) is 0.559. The molecule has 0 aliphatic carbocycles. The molecule has 1 amide bonds. The Morgan fingerprint density at radius 3 is 2.39 bits per heavy atom. The van der Waals surface area contributed by atoms with Gasteiger partial charge in [-0.1, -0.05) is 52.0 Å². The second-order valence-corrected chi connectivity index (χ2v) is 11.9. The van der Waals surface area contributed by atoms with Gasteiger partial charge in [0.25, 0.3) is 0 Å². The third kappa shape index (κ3) is 12.4. The molecule has 3 aromatic rings. The lowest BCUT2D eigenvalue weighted by atomic mass is 10.1. The molecule has 0 saturated carbocycles. The highest BCUT2D eigenvalue weighted by molar-refractivity contribution is 5.94. The maximum Gasteiger partial charge on any atom is 0.410 e. The van der Waals surface area contributed by atoms with Gasteiger partial charge in [-0.3, -0.25) is 4.79 Å². The molecule has 0 atom stereocenters. The van der Waals surface area contributed by atoms with Gasteiger partial charge in [-0.2, -0.15) is 0 Å². The number of imidazole rings is 1. The average Bonchev–Trinajstić information content (AvgIpc) is 3.34. The molecule has 41 heavy (non-hydrogen) atoms. The van der Waals surface area contributed by atoms with Crippen molar-refractivity contribution in [3.05, 3.63) is 59.4 Å². The van der Waals surface area contributed by atoms with Gasteiger partial charge < -0.3 is 19.4 Å². The number of carbonyl (C=O) groups is 2. The second kappa shape index (κ2) is 16.8. The summed E-state index contributed by atoms with van der Waals surface area (Å²) in [5.74, 6) is 2.00. The SMILES string of the molecule is CCCN(CCC(C)C)C(=O)OC(C)(C)C.CCc1ccccc1OCCCCc1ccc2nc(C(C)=O)[nH]c2c1. The smallest absolute Gasteiger partial charge is 0.410 e. The Bertz CT molecular complexity index is 1230. The van der Waals surface area contributed by atoms with Crippen molar-refractivity contribution in [1.82, 2.24) is 14.9 Å². The first-order valence-corrected chi connectivity index (χ1v) is 15.1. The van der Waals surface area contributed by atoms with Crippen LogP contribution < -0.4 is 4.74 Å². The molecule has 226 valence electrons. The third-order valence-corrected chi connectivity index (χ3v) is 6.47. The molecule has 0 aliphatic rings. The zero-order valence-corrected chi connectivity index (χ0v) is 26.5. The van der Waals surface area contributed by atoms with E-state index in [1.54, 1.807) is 0 Å². The summed E-state index contributed by atoms with van der Waals surface area (Å²) in [6.07, 6.45) is 5.86. The minimum absolute atomic E-state index is 0.0396. The van der Waals surface area contributed by atoms with Crippen LogP contribution in [-0.2, 0) is 17.6 Å². The number of ether oxygens (including phenoxy) is 2. The first-order valence-electron chi connectivity index (χ1n) is 15.1. The van der Waals surface area contributed by atoms with Crippen molar-refractivity contribution in [3.8, 4) is 5.75 Å². The van der Waals surface area contributed by atoms with E-state index in [4.69, 9.17) is 9.47 Å². The maximum atomic E-state index is 11.9. The van der Waals surface area contributed by atoms with Crippen LogP contribution in [0.2, 0.25) is 0 Å². The van der Waals surface area contributed by atoms with E-state index in [0.29, 0.717) is 11.7 Å². The first-order chi connectivity index (χ1) is 19.4. The van der Waals surface area contributed by atoms with Crippen molar-refractivity contribution in [1.29, 1.82) is 0 Å². The molecule has 1 heterocycles. The van der Waals surface area contributed by atoms with Gasteiger partial charge in [-0.05, 0) is 94.5 Å². The number of unbranched alkanes of at least 4 members (excludes halogenated alkanes) is 1. The van der Waals surface area contributed by atoms with Gasteiger partial charge in [0.1, 0.15) is 11.4 Å². The number of carbonyl (C=O) groups excluding carboxylic acids is 2. The molecule has 1 N–H and O–H groups in total. The number of benzene rings is 2. The Balaban J connectivity index is 0.000000320. The summed E-state index contributed by atoms with van der Waals surface area (Å²) in [7, 11) is 0. The van der Waals surface area contributed by atoms with E-state index >= 15 is 0 Å². The summed E-state index contributed by atoms with van der Waals surface area (Å²) >= 11 is 0. The number of amides is 1. The van der Waals surface area contributed by atoms with E-state index in [1.165, 1.54) is 18.1 Å². The van der Waals surface area contributed by atoms with Crippen LogP contribution in [-0.4, -0.2) is 52.0 Å². The highest BCUT2D eigenvalue weighted by atomic mass is 16.6. The Hall–Kier alpha value is -3.35. The fourth-order valence-corrected chi connectivity index (χ4v) is 4.23. The number of Topliss-reactive ketones (excluding diaryl/α,β-unsaturated/α-hetero) is 1. The van der Waals surface area contributed by atoms with Crippen molar-refractivity contribution in [3.63, 3.8) is 0 Å². The van der Waals surface area contributed by atoms with Crippen LogP contribution in [0.25, 0.3) is 11.0 Å². The van der Waals surface area contributed by atoms with Crippen LogP contribution in [0.4, 0.5) is 4.79 Å². The van der Waals surface area contributed by atoms with Gasteiger partial charge in [0.2, 0.25) is 0 Å². The summed E-state index contributed by atoms with van der Waals surface area (Å²) < 4.78 is 11.3. The number of hydrogen-bond acceptors (Lipinski definition) is 5. The third-order valence-electron chi connectivity index (χ3n) is 6.47. The first kappa shape index (κ1) is 33.9. The molecular weight excluding hydrogens is 514 g/mol. The van der Waals surface area contributed by atoms with Crippen molar-refractivity contribution in [2.45, 2.75) is 99.5 Å². The largest absolute Gasteiger partial charge is 0.493 e. The standard InChI is InChI=1S/C21H24N2O2.C13H27NO2/c1-3-17-9-4-5-10-20(17)25-13-7-6-8-16-11-12-18-19(14-16)23-21(22-18)15(2)24;1-7-9-14(10-8-11(2)3)12(15)16-13(4,5)6/h4-5,9-12,14H,3,6-8,13H2,1-2H3,(H,22,23);11H,7-10H2,1-6H3. The molecule has 7 nitrogen and oxygen atoms in total. The summed E-state index contributed by atoms with van der Waals surface area (Å²) in [5.41, 5.74) is 3.87. The summed E-state index contributed by atoms with van der Waals surface area (Å²) in [6.45, 7) is 18.1. The molecule has 0 aliphatic heterocycles. The molecule has 0 fully saturated rings. The number of fused-ring (bicyclic) bond motifs is 1. The molecular formula is C34H51N3O4. The number of hydrogen-bond donors (Lipinski definition) is 1. The Morgan fingerprint density at radius 1 is 1.02 bits per heavy atom. The number of aryl methyl sites for hydroxylation is 2. The second-order valence-electron chi connectivity index (χ2n) is 11.9. The van der Waals surface area contributed by atoms with E-state index in [0.717, 1.165) is 75.0 Å². The molecule has 0 radical (unpaired) electrons. The summed E-state index contributed by atoms with van der Waals surface area (Å²) in [4.78, 5) is 32.4. The average molecular weight is 566 g/mol. The molecule has 0 bridgehead atoms. The Morgan fingerprint density at radius 2 is 1.76 bits per heavy atom. The quantitative estimate of drug-likeness (QED) is 0.166. The van der Waals surface area contributed by atoms with E-state index in [9.17, 15) is 9.59 Å². The lowest BCUT2D eigenvalue weighted by molar-refractivity contribution is 0.0242. The number of aromatic amines is 1. The molecule has 0 spiro atoms.